The summed E-state index contributed by atoms with van der Waals surface area (Å²) in [4.78, 5) is 10.6. The zero-order valence-electron chi connectivity index (χ0n) is 22.1. The van der Waals surface area contributed by atoms with E-state index in [0.717, 1.165) is 18.0 Å². The second-order valence-electron chi connectivity index (χ2n) is 9.68. The van der Waals surface area contributed by atoms with Crippen molar-refractivity contribution in [1.29, 1.82) is 0 Å². The fourth-order valence-electron chi connectivity index (χ4n) is 3.82. The van der Waals surface area contributed by atoms with Gasteiger partial charge in [-0.3, -0.25) is 0 Å². The van der Waals surface area contributed by atoms with Crippen LogP contribution < -0.4 is 0 Å². The smallest absolute Gasteiger partial charge is 0.420 e. The summed E-state index contributed by atoms with van der Waals surface area (Å²) in [6.07, 6.45) is 11.3. The van der Waals surface area contributed by atoms with Crippen molar-refractivity contribution in [3.63, 3.8) is 0 Å². The molecule has 1 rings (SSSR count). The van der Waals surface area contributed by atoms with E-state index >= 15 is 0 Å². The second kappa shape index (κ2) is 19.1. The Morgan fingerprint density at radius 1 is 0.576 bits per heavy atom. The minimum Gasteiger partial charge on any atom is -0.420 e. The van der Waals surface area contributed by atoms with Gasteiger partial charge in [0.1, 0.15) is 6.61 Å². The largest absolute Gasteiger partial charge is 0.468 e. The Labute approximate surface area is 210 Å². The zero-order chi connectivity index (χ0) is 24.4. The molecule has 5 nitrogen and oxygen atoms in total. The van der Waals surface area contributed by atoms with E-state index < -0.39 is 35.9 Å². The van der Waals surface area contributed by atoms with Crippen LogP contribution in [-0.4, -0.2) is 42.5 Å². The third kappa shape index (κ3) is 17.0. The van der Waals surface area contributed by atoms with E-state index in [-0.39, 0.29) is 0 Å². The van der Waals surface area contributed by atoms with Gasteiger partial charge in [-0.05, 0) is 57.7 Å². The van der Waals surface area contributed by atoms with Crippen molar-refractivity contribution in [2.24, 2.45) is 0 Å². The molecule has 1 aromatic rings. The minimum atomic E-state index is -2.44. The normalized spacial score (nSPS) is 12.4. The molecular formula is C24H50O5Si4. The average molecular weight is 531 g/mol. The molecule has 0 bridgehead atoms. The highest BCUT2D eigenvalue weighted by Gasteiger charge is 2.42. The van der Waals surface area contributed by atoms with Gasteiger partial charge in [0, 0.05) is 6.04 Å². The molecule has 0 radical (unpaired) electrons. The van der Waals surface area contributed by atoms with Gasteiger partial charge in [0.05, 0.1) is 6.61 Å². The van der Waals surface area contributed by atoms with Crippen LogP contribution >= 0.6 is 0 Å². The highest BCUT2D eigenvalue weighted by Crippen LogP contribution is 2.23. The van der Waals surface area contributed by atoms with E-state index in [4.69, 9.17) is 22.1 Å². The van der Waals surface area contributed by atoms with Gasteiger partial charge in [0.2, 0.25) is 0 Å². The van der Waals surface area contributed by atoms with E-state index in [2.05, 4.69) is 39.3 Å². The number of unbranched alkanes of at least 4 members (excludes halogenated alkanes) is 8. The Morgan fingerprint density at radius 3 is 1.52 bits per heavy atom. The van der Waals surface area contributed by atoms with E-state index in [1.165, 1.54) is 51.4 Å². The summed E-state index contributed by atoms with van der Waals surface area (Å²) in [5, 5.41) is 0. The molecule has 0 aliphatic heterocycles. The summed E-state index contributed by atoms with van der Waals surface area (Å²) in [5.41, 5.74) is 1.14. The molecule has 0 fully saturated rings. The lowest BCUT2D eigenvalue weighted by Crippen LogP contribution is -2.53. The molecule has 33 heavy (non-hydrogen) atoms. The van der Waals surface area contributed by atoms with Crippen LogP contribution in [0.15, 0.2) is 30.3 Å². The third-order valence-corrected chi connectivity index (χ3v) is 16.0. The monoisotopic (exact) mass is 530 g/mol. The van der Waals surface area contributed by atoms with Crippen molar-refractivity contribution in [2.75, 3.05) is 6.61 Å². The van der Waals surface area contributed by atoms with E-state index in [1.807, 2.05) is 30.3 Å². The van der Waals surface area contributed by atoms with Crippen LogP contribution in [-0.2, 0) is 28.7 Å². The van der Waals surface area contributed by atoms with Crippen LogP contribution in [0.25, 0.3) is 0 Å². The summed E-state index contributed by atoms with van der Waals surface area (Å²) in [6.45, 7) is 14.6. The molecule has 0 unspecified atom stereocenters. The Kier molecular flexibility index (Phi) is 17.9. The first-order valence-corrected chi connectivity index (χ1v) is 23.4. The van der Waals surface area contributed by atoms with Crippen molar-refractivity contribution < 1.29 is 22.1 Å². The van der Waals surface area contributed by atoms with Gasteiger partial charge in [-0.15, -0.1) is 0 Å². The van der Waals surface area contributed by atoms with E-state index in [0.29, 0.717) is 13.2 Å². The molecule has 0 amide bonds. The minimum absolute atomic E-state index is 0.521. The third-order valence-electron chi connectivity index (χ3n) is 5.11. The Hall–Kier alpha value is -0.112. The highest BCUT2D eigenvalue weighted by molar-refractivity contribution is 6.79. The maximum Gasteiger partial charge on any atom is 0.468 e. The van der Waals surface area contributed by atoms with Crippen molar-refractivity contribution in [3.05, 3.63) is 35.9 Å². The van der Waals surface area contributed by atoms with Gasteiger partial charge in [0.15, 0.2) is 27.1 Å². The van der Waals surface area contributed by atoms with Crippen molar-refractivity contribution in [1.82, 2.24) is 0 Å². The van der Waals surface area contributed by atoms with Gasteiger partial charge < -0.3 is 12.3 Å². The number of benzene rings is 1. The predicted molar refractivity (Wildman–Crippen MR) is 149 cm³/mol. The molecule has 0 aliphatic carbocycles. The van der Waals surface area contributed by atoms with E-state index in [1.54, 1.807) is 0 Å². The molecular weight excluding hydrogens is 481 g/mol. The molecule has 0 saturated carbocycles. The van der Waals surface area contributed by atoms with Crippen LogP contribution in [0, 0.1) is 0 Å². The molecule has 0 aromatic heterocycles. The number of rotatable bonds is 21. The van der Waals surface area contributed by atoms with Crippen LogP contribution in [0.5, 0.6) is 0 Å². The van der Waals surface area contributed by atoms with Gasteiger partial charge in [-0.1, -0.05) is 75.3 Å². The molecule has 1 aromatic carbocycles. The highest BCUT2D eigenvalue weighted by atomic mass is 28.5. The fourth-order valence-corrected chi connectivity index (χ4v) is 16.7. The maximum atomic E-state index is 6.47. The molecule has 0 N–H and O–H groups in total. The van der Waals surface area contributed by atoms with Crippen molar-refractivity contribution in [2.45, 2.75) is 110 Å². The fraction of sp³-hybridized carbons (Fsp3) is 0.750. The van der Waals surface area contributed by atoms with Crippen molar-refractivity contribution >= 4 is 35.9 Å². The van der Waals surface area contributed by atoms with Crippen LogP contribution in [0.4, 0.5) is 0 Å². The van der Waals surface area contributed by atoms with Gasteiger partial charge in [0.25, 0.3) is 0 Å². The molecule has 0 heterocycles. The first kappa shape index (κ1) is 30.9. The summed E-state index contributed by atoms with van der Waals surface area (Å²) < 4.78 is 19.4. The zero-order valence-corrected chi connectivity index (χ0v) is 26.6. The quantitative estimate of drug-likeness (QED) is 0.0777. The first-order chi connectivity index (χ1) is 15.8. The van der Waals surface area contributed by atoms with Crippen LogP contribution in [0.3, 0.4) is 0 Å². The molecule has 0 saturated heterocycles. The molecule has 192 valence electrons. The van der Waals surface area contributed by atoms with Crippen LogP contribution in [0.2, 0.25) is 45.3 Å². The number of hydrogen-bond donors (Lipinski definition) is 0. The molecule has 0 atom stereocenters. The SMILES string of the molecule is C[SiH](C)O[Si](CCCCCCCCCCCOOCc1ccccc1)(O[SiH](C)C)O[SiH](C)C. The lowest BCUT2D eigenvalue weighted by molar-refractivity contribution is -0.304. The summed E-state index contributed by atoms with van der Waals surface area (Å²) >= 11 is 0. The molecule has 9 heteroatoms. The molecule has 0 aliphatic rings. The Morgan fingerprint density at radius 2 is 1.03 bits per heavy atom. The van der Waals surface area contributed by atoms with Crippen molar-refractivity contribution in [3.8, 4) is 0 Å². The van der Waals surface area contributed by atoms with E-state index in [9.17, 15) is 0 Å². The maximum absolute atomic E-state index is 6.47. The standard InChI is InChI=1S/C24H50O5Si4/c1-30(2)27-33(28-31(3)4,29-32(5)6)22-18-13-11-9-7-8-10-12-17-21-25-26-23-24-19-15-14-16-20-24/h14-16,19-20,30-32H,7-13,17-18,21-23H2,1-6H3. The van der Waals surface area contributed by atoms with Gasteiger partial charge >= 0.3 is 8.80 Å². The summed E-state index contributed by atoms with van der Waals surface area (Å²) in [7, 11) is -5.98. The lowest BCUT2D eigenvalue weighted by Gasteiger charge is -2.35. The topological polar surface area (TPSA) is 46.2 Å². The lowest BCUT2D eigenvalue weighted by atomic mass is 10.1. The first-order valence-electron chi connectivity index (χ1n) is 13.1. The number of hydrogen-bond acceptors (Lipinski definition) is 5. The van der Waals surface area contributed by atoms with Gasteiger partial charge in [-0.2, -0.15) is 0 Å². The Balaban J connectivity index is 2.04. The Bertz CT molecular complexity index is 549. The van der Waals surface area contributed by atoms with Gasteiger partial charge in [-0.25, -0.2) is 9.78 Å². The van der Waals surface area contributed by atoms with Crippen LogP contribution in [0.1, 0.15) is 63.4 Å². The summed E-state index contributed by atoms with van der Waals surface area (Å²) in [5.74, 6) is 0. The predicted octanol–water partition coefficient (Wildman–Crippen LogP) is 6.58. The second-order valence-corrected chi connectivity index (χ2v) is 20.7. The average Bonchev–Trinajstić information content (AvgIpc) is 2.73. The molecule has 0 spiro atoms. The summed E-state index contributed by atoms with van der Waals surface area (Å²) in [6, 6.07) is 11.1.